The fourth-order valence-electron chi connectivity index (χ4n) is 2.43. The molecule has 3 aromatic rings. The third-order valence-corrected chi connectivity index (χ3v) is 3.59. The number of benzene rings is 1. The van der Waals surface area contributed by atoms with E-state index in [9.17, 15) is 0 Å². The van der Waals surface area contributed by atoms with Crippen LogP contribution in [0.4, 0.5) is 0 Å². The van der Waals surface area contributed by atoms with Gasteiger partial charge in [0.1, 0.15) is 5.69 Å². The van der Waals surface area contributed by atoms with Crippen molar-refractivity contribution in [2.75, 3.05) is 6.61 Å². The molecule has 0 fully saturated rings. The highest BCUT2D eigenvalue weighted by Crippen LogP contribution is 2.20. The SMILES string of the molecule is CCCn1ccc(-c2nc(CCO)nn2-c2ccc(C)cc2)n1. The maximum atomic E-state index is 9.16. The second-order valence-electron chi connectivity index (χ2n) is 5.54. The van der Waals surface area contributed by atoms with Crippen LogP contribution in [-0.2, 0) is 13.0 Å². The van der Waals surface area contributed by atoms with Gasteiger partial charge in [-0.3, -0.25) is 4.68 Å². The molecule has 0 unspecified atom stereocenters. The Hall–Kier alpha value is -2.47. The van der Waals surface area contributed by atoms with Gasteiger partial charge in [0.2, 0.25) is 0 Å². The summed E-state index contributed by atoms with van der Waals surface area (Å²) in [5, 5.41) is 18.3. The minimum Gasteiger partial charge on any atom is -0.396 e. The highest BCUT2D eigenvalue weighted by Gasteiger charge is 2.15. The molecule has 0 spiro atoms. The molecule has 0 amide bonds. The average molecular weight is 311 g/mol. The minimum atomic E-state index is 0.0294. The molecule has 6 heteroatoms. The van der Waals surface area contributed by atoms with Gasteiger partial charge in [0.15, 0.2) is 11.6 Å². The van der Waals surface area contributed by atoms with Gasteiger partial charge in [0, 0.05) is 19.2 Å². The lowest BCUT2D eigenvalue weighted by Crippen LogP contribution is -2.02. The maximum Gasteiger partial charge on any atom is 0.183 e. The van der Waals surface area contributed by atoms with E-state index in [0.29, 0.717) is 18.1 Å². The molecule has 3 rings (SSSR count). The Kier molecular flexibility index (Phi) is 4.52. The van der Waals surface area contributed by atoms with Crippen LogP contribution in [0.25, 0.3) is 17.2 Å². The predicted molar refractivity (Wildman–Crippen MR) is 88.4 cm³/mol. The van der Waals surface area contributed by atoms with E-state index in [-0.39, 0.29) is 6.61 Å². The lowest BCUT2D eigenvalue weighted by molar-refractivity contribution is 0.296. The summed E-state index contributed by atoms with van der Waals surface area (Å²) < 4.78 is 3.71. The van der Waals surface area contributed by atoms with Gasteiger partial charge in [-0.05, 0) is 31.5 Å². The van der Waals surface area contributed by atoms with Crippen molar-refractivity contribution in [3.05, 3.63) is 47.9 Å². The van der Waals surface area contributed by atoms with E-state index in [0.717, 1.165) is 24.3 Å². The average Bonchev–Trinajstić information content (AvgIpc) is 3.16. The molecule has 6 nitrogen and oxygen atoms in total. The summed E-state index contributed by atoms with van der Waals surface area (Å²) in [6.07, 6.45) is 3.42. The van der Waals surface area contributed by atoms with Crippen molar-refractivity contribution in [3.8, 4) is 17.2 Å². The van der Waals surface area contributed by atoms with Crippen LogP contribution in [0.2, 0.25) is 0 Å². The zero-order valence-electron chi connectivity index (χ0n) is 13.5. The minimum absolute atomic E-state index is 0.0294. The molecule has 0 atom stereocenters. The first-order chi connectivity index (χ1) is 11.2. The molecule has 0 aliphatic carbocycles. The smallest absolute Gasteiger partial charge is 0.183 e. The lowest BCUT2D eigenvalue weighted by Gasteiger charge is -2.04. The van der Waals surface area contributed by atoms with Gasteiger partial charge in [-0.25, -0.2) is 9.67 Å². The lowest BCUT2D eigenvalue weighted by atomic mass is 10.2. The van der Waals surface area contributed by atoms with Crippen molar-refractivity contribution in [2.45, 2.75) is 33.2 Å². The van der Waals surface area contributed by atoms with Crippen LogP contribution < -0.4 is 0 Å². The standard InChI is InChI=1S/C17H21N5O/c1-3-10-21-11-8-15(19-21)17-18-16(9-12-23)20-22(17)14-6-4-13(2)5-7-14/h4-8,11,23H,3,9-10,12H2,1-2H3. The van der Waals surface area contributed by atoms with Gasteiger partial charge < -0.3 is 5.11 Å². The summed E-state index contributed by atoms with van der Waals surface area (Å²) in [5.41, 5.74) is 2.92. The van der Waals surface area contributed by atoms with E-state index in [1.165, 1.54) is 5.56 Å². The van der Waals surface area contributed by atoms with Gasteiger partial charge in [-0.2, -0.15) is 10.2 Å². The van der Waals surface area contributed by atoms with Gasteiger partial charge in [-0.1, -0.05) is 24.6 Å². The van der Waals surface area contributed by atoms with Crippen molar-refractivity contribution >= 4 is 0 Å². The van der Waals surface area contributed by atoms with E-state index >= 15 is 0 Å². The molecule has 23 heavy (non-hydrogen) atoms. The summed E-state index contributed by atoms with van der Waals surface area (Å²) in [5.74, 6) is 1.32. The van der Waals surface area contributed by atoms with Crippen LogP contribution in [-0.4, -0.2) is 36.3 Å². The molecule has 1 aromatic carbocycles. The molecule has 1 N–H and O–H groups in total. The largest absolute Gasteiger partial charge is 0.396 e. The number of aryl methyl sites for hydroxylation is 2. The van der Waals surface area contributed by atoms with Crippen molar-refractivity contribution in [3.63, 3.8) is 0 Å². The van der Waals surface area contributed by atoms with Crippen LogP contribution >= 0.6 is 0 Å². The topological polar surface area (TPSA) is 68.8 Å². The summed E-state index contributed by atoms with van der Waals surface area (Å²) in [6.45, 7) is 5.08. The summed E-state index contributed by atoms with van der Waals surface area (Å²) in [4.78, 5) is 4.56. The van der Waals surface area contributed by atoms with Crippen molar-refractivity contribution in [1.29, 1.82) is 0 Å². The summed E-state index contributed by atoms with van der Waals surface area (Å²) in [7, 11) is 0. The molecule has 2 heterocycles. The third kappa shape index (κ3) is 3.32. The molecule has 0 aliphatic heterocycles. The number of aromatic nitrogens is 5. The van der Waals surface area contributed by atoms with Gasteiger partial charge >= 0.3 is 0 Å². The predicted octanol–water partition coefficient (Wildman–Crippen LogP) is 2.38. The summed E-state index contributed by atoms with van der Waals surface area (Å²) in [6, 6.07) is 10.1. The van der Waals surface area contributed by atoms with E-state index in [1.807, 2.05) is 41.2 Å². The van der Waals surface area contributed by atoms with Crippen LogP contribution in [0.5, 0.6) is 0 Å². The Bertz CT molecular complexity index is 773. The molecule has 0 bridgehead atoms. The van der Waals surface area contributed by atoms with Gasteiger partial charge in [0.05, 0.1) is 12.3 Å². The third-order valence-electron chi connectivity index (χ3n) is 3.59. The highest BCUT2D eigenvalue weighted by atomic mass is 16.3. The van der Waals surface area contributed by atoms with Gasteiger partial charge in [-0.15, -0.1) is 0 Å². The first-order valence-corrected chi connectivity index (χ1v) is 7.89. The first kappa shape index (κ1) is 15.4. The van der Waals surface area contributed by atoms with E-state index in [1.54, 1.807) is 4.68 Å². The van der Waals surface area contributed by atoms with Crippen molar-refractivity contribution < 1.29 is 5.11 Å². The zero-order chi connectivity index (χ0) is 16.2. The molecular weight excluding hydrogens is 290 g/mol. The second-order valence-corrected chi connectivity index (χ2v) is 5.54. The van der Waals surface area contributed by atoms with Crippen LogP contribution in [0, 0.1) is 6.92 Å². The van der Waals surface area contributed by atoms with E-state index in [4.69, 9.17) is 5.11 Å². The molecule has 0 saturated heterocycles. The van der Waals surface area contributed by atoms with Gasteiger partial charge in [0.25, 0.3) is 0 Å². The van der Waals surface area contributed by atoms with Crippen molar-refractivity contribution in [1.82, 2.24) is 24.5 Å². The van der Waals surface area contributed by atoms with E-state index < -0.39 is 0 Å². The molecule has 2 aromatic heterocycles. The molecule has 0 radical (unpaired) electrons. The highest BCUT2D eigenvalue weighted by molar-refractivity contribution is 5.53. The quantitative estimate of drug-likeness (QED) is 0.759. The Balaban J connectivity index is 2.04. The number of rotatable bonds is 6. The fourth-order valence-corrected chi connectivity index (χ4v) is 2.43. The van der Waals surface area contributed by atoms with Crippen LogP contribution in [0.15, 0.2) is 36.5 Å². The first-order valence-electron chi connectivity index (χ1n) is 7.89. The Morgan fingerprint density at radius 2 is 1.87 bits per heavy atom. The number of nitrogens with zero attached hydrogens (tertiary/aromatic N) is 5. The molecule has 0 aliphatic rings. The monoisotopic (exact) mass is 311 g/mol. The van der Waals surface area contributed by atoms with Crippen LogP contribution in [0.1, 0.15) is 24.7 Å². The maximum absolute atomic E-state index is 9.16. The summed E-state index contributed by atoms with van der Waals surface area (Å²) >= 11 is 0. The van der Waals surface area contributed by atoms with Crippen molar-refractivity contribution in [2.24, 2.45) is 0 Å². The number of hydrogen-bond acceptors (Lipinski definition) is 4. The zero-order valence-corrected chi connectivity index (χ0v) is 13.5. The molecule has 120 valence electrons. The normalized spacial score (nSPS) is 11.1. The van der Waals surface area contributed by atoms with E-state index in [2.05, 4.69) is 29.0 Å². The number of hydrogen-bond donors (Lipinski definition) is 1. The number of aliphatic hydroxyl groups excluding tert-OH is 1. The molecular formula is C17H21N5O. The fraction of sp³-hybridized carbons (Fsp3) is 0.353. The molecule has 0 saturated carbocycles. The van der Waals surface area contributed by atoms with Crippen LogP contribution in [0.3, 0.4) is 0 Å². The second kappa shape index (κ2) is 6.75. The Labute approximate surface area is 135 Å². The Morgan fingerprint density at radius 3 is 2.57 bits per heavy atom. The number of aliphatic hydroxyl groups is 1. The Morgan fingerprint density at radius 1 is 1.09 bits per heavy atom.